The van der Waals surface area contributed by atoms with Gasteiger partial charge in [0.05, 0.1) is 12.5 Å². The van der Waals surface area contributed by atoms with Crippen LogP contribution in [0.25, 0.3) is 0 Å². The normalized spacial score (nSPS) is 15.5. The van der Waals surface area contributed by atoms with E-state index in [1.807, 2.05) is 30.3 Å². The number of amides is 3. The Labute approximate surface area is 217 Å². The van der Waals surface area contributed by atoms with Gasteiger partial charge in [-0.15, -0.1) is 0 Å². The molecule has 0 aliphatic heterocycles. The van der Waals surface area contributed by atoms with Crippen molar-refractivity contribution < 1.29 is 24.4 Å². The molecule has 2 atom stereocenters. The zero-order valence-corrected chi connectivity index (χ0v) is 21.2. The van der Waals surface area contributed by atoms with Crippen LogP contribution in [0.5, 0.6) is 0 Å². The van der Waals surface area contributed by atoms with E-state index in [4.69, 9.17) is 16.9 Å². The van der Waals surface area contributed by atoms with Crippen molar-refractivity contribution >= 4 is 36.5 Å². The number of hydrogen-bond donors (Lipinski definition) is 7. The van der Waals surface area contributed by atoms with Gasteiger partial charge in [0, 0.05) is 25.9 Å². The lowest BCUT2D eigenvalue weighted by atomic mass is 9.76. The molecule has 0 unspecified atom stereocenters. The molecule has 1 aromatic rings. The molecule has 0 bridgehead atoms. The van der Waals surface area contributed by atoms with Gasteiger partial charge in [0.25, 0.3) is 0 Å². The molecule has 1 aliphatic rings. The van der Waals surface area contributed by atoms with Crippen LogP contribution in [0.15, 0.2) is 35.3 Å². The summed E-state index contributed by atoms with van der Waals surface area (Å²) in [5.41, 5.74) is 11.6. The van der Waals surface area contributed by atoms with Crippen LogP contribution in [-0.2, 0) is 20.8 Å². The Balaban J connectivity index is 2.10. The molecule has 0 spiro atoms. The molecular formula is C24H38BN7O5. The van der Waals surface area contributed by atoms with E-state index in [1.165, 1.54) is 11.8 Å². The van der Waals surface area contributed by atoms with Gasteiger partial charge in [-0.25, -0.2) is 0 Å². The van der Waals surface area contributed by atoms with Crippen molar-refractivity contribution in [1.29, 1.82) is 5.41 Å². The number of carbonyl (C=O) groups is 3. The zero-order chi connectivity index (χ0) is 27.4. The van der Waals surface area contributed by atoms with Crippen LogP contribution in [0.3, 0.4) is 0 Å². The lowest BCUT2D eigenvalue weighted by Gasteiger charge is -2.32. The summed E-state index contributed by atoms with van der Waals surface area (Å²) in [4.78, 5) is 43.9. The topological polar surface area (TPSA) is 207 Å². The largest absolute Gasteiger partial charge is 0.475 e. The summed E-state index contributed by atoms with van der Waals surface area (Å²) in [6, 6.07) is 8.33. The Morgan fingerprint density at radius 1 is 1.16 bits per heavy atom. The maximum Gasteiger partial charge on any atom is 0.475 e. The average Bonchev–Trinajstić information content (AvgIpc) is 3.38. The van der Waals surface area contributed by atoms with Crippen LogP contribution >= 0.6 is 0 Å². The Morgan fingerprint density at radius 2 is 1.81 bits per heavy atom. The number of nitrogens with two attached hydrogens (primary N) is 2. The van der Waals surface area contributed by atoms with E-state index in [-0.39, 0.29) is 55.5 Å². The molecule has 1 saturated carbocycles. The fourth-order valence-electron chi connectivity index (χ4n) is 4.40. The van der Waals surface area contributed by atoms with Gasteiger partial charge in [0.2, 0.25) is 17.7 Å². The van der Waals surface area contributed by atoms with Gasteiger partial charge in [-0.3, -0.25) is 24.8 Å². The molecule has 0 aromatic heterocycles. The molecule has 202 valence electrons. The van der Waals surface area contributed by atoms with Crippen molar-refractivity contribution in [3.05, 3.63) is 35.9 Å². The molecule has 37 heavy (non-hydrogen) atoms. The van der Waals surface area contributed by atoms with Crippen molar-refractivity contribution in [2.24, 2.45) is 16.5 Å². The average molecular weight is 515 g/mol. The molecule has 0 saturated heterocycles. The van der Waals surface area contributed by atoms with Gasteiger partial charge in [0.1, 0.15) is 6.04 Å². The van der Waals surface area contributed by atoms with Gasteiger partial charge >= 0.3 is 7.12 Å². The SMILES string of the molecule is CC(=O)N[C@H](Cc1ccccc1)C(=O)N(CC(=O)N[C@@H](CCCN=C(N)C(=N)N)B(O)O)C1CCCC1. The zero-order valence-electron chi connectivity index (χ0n) is 21.2. The molecule has 0 radical (unpaired) electrons. The number of nitrogens with zero attached hydrogens (tertiary/aromatic N) is 2. The third-order valence-corrected chi connectivity index (χ3v) is 6.26. The minimum absolute atomic E-state index is 0.111. The van der Waals surface area contributed by atoms with Crippen molar-refractivity contribution in [3.63, 3.8) is 0 Å². The molecule has 1 aromatic carbocycles. The molecular weight excluding hydrogens is 477 g/mol. The molecule has 12 nitrogen and oxygen atoms in total. The van der Waals surface area contributed by atoms with Crippen LogP contribution in [0.2, 0.25) is 0 Å². The molecule has 1 fully saturated rings. The van der Waals surface area contributed by atoms with Gasteiger partial charge in [-0.1, -0.05) is 43.2 Å². The van der Waals surface area contributed by atoms with E-state index >= 15 is 0 Å². The van der Waals surface area contributed by atoms with Gasteiger partial charge in [0.15, 0.2) is 11.7 Å². The highest BCUT2D eigenvalue weighted by atomic mass is 16.4. The monoisotopic (exact) mass is 515 g/mol. The number of nitrogens with one attached hydrogen (secondary N) is 3. The molecule has 1 aliphatic carbocycles. The van der Waals surface area contributed by atoms with Gasteiger partial charge in [-0.05, 0) is 31.2 Å². The van der Waals surface area contributed by atoms with Crippen molar-refractivity contribution in [1.82, 2.24) is 15.5 Å². The second kappa shape index (κ2) is 15.0. The third-order valence-electron chi connectivity index (χ3n) is 6.26. The summed E-state index contributed by atoms with van der Waals surface area (Å²) in [5, 5.41) is 32.1. The molecule has 0 heterocycles. The number of hydrogen-bond acceptors (Lipinski definition) is 7. The van der Waals surface area contributed by atoms with E-state index in [9.17, 15) is 24.4 Å². The summed E-state index contributed by atoms with van der Waals surface area (Å²) < 4.78 is 0. The van der Waals surface area contributed by atoms with Crippen molar-refractivity contribution in [2.75, 3.05) is 13.1 Å². The Morgan fingerprint density at radius 3 is 2.38 bits per heavy atom. The number of aliphatic imine (C=N–C) groups is 1. The molecule has 9 N–H and O–H groups in total. The first kappa shape index (κ1) is 29.8. The van der Waals surface area contributed by atoms with E-state index in [0.717, 1.165) is 31.2 Å². The van der Waals surface area contributed by atoms with E-state index in [2.05, 4.69) is 15.6 Å². The van der Waals surface area contributed by atoms with E-state index < -0.39 is 25.0 Å². The van der Waals surface area contributed by atoms with Crippen LogP contribution in [0.1, 0.15) is 51.0 Å². The number of carbonyl (C=O) groups excluding carboxylic acids is 3. The Bertz CT molecular complexity index is 954. The maximum atomic E-state index is 13.6. The molecule has 3 amide bonds. The number of amidine groups is 2. The summed E-state index contributed by atoms with van der Waals surface area (Å²) in [7, 11) is -1.82. The standard InChI is InChI=1S/C24H38BN7O5/c1-16(33)30-19(14-17-8-3-2-4-9-17)24(35)32(18-10-5-6-11-18)15-21(34)31-20(25(36)37)12-7-13-29-23(28)22(26)27/h2-4,8-9,18-20,36-37H,5-7,10-15H2,1H3,(H3,26,27)(H2,28,29)(H,30,33)(H,31,34)/t19-,20+/m1/s1. The van der Waals surface area contributed by atoms with Gasteiger partial charge in [-0.2, -0.15) is 0 Å². The summed E-state index contributed by atoms with van der Waals surface area (Å²) in [6.07, 6.45) is 4.17. The quantitative estimate of drug-likeness (QED) is 0.0760. The second-order valence-corrected chi connectivity index (χ2v) is 9.26. The van der Waals surface area contributed by atoms with Crippen molar-refractivity contribution in [3.8, 4) is 0 Å². The third kappa shape index (κ3) is 10.2. The summed E-state index contributed by atoms with van der Waals surface area (Å²) >= 11 is 0. The van der Waals surface area contributed by atoms with Crippen LogP contribution < -0.4 is 22.1 Å². The summed E-state index contributed by atoms with van der Waals surface area (Å²) in [6.45, 7) is 1.27. The molecule has 13 heteroatoms. The minimum atomic E-state index is -1.82. The first-order chi connectivity index (χ1) is 17.6. The summed E-state index contributed by atoms with van der Waals surface area (Å²) in [5.74, 6) is -2.69. The lowest BCUT2D eigenvalue weighted by Crippen LogP contribution is -2.56. The highest BCUT2D eigenvalue weighted by Crippen LogP contribution is 2.24. The van der Waals surface area contributed by atoms with E-state index in [1.54, 1.807) is 0 Å². The van der Waals surface area contributed by atoms with E-state index in [0.29, 0.717) is 6.42 Å². The number of benzene rings is 1. The van der Waals surface area contributed by atoms with Crippen LogP contribution in [0.4, 0.5) is 0 Å². The maximum absolute atomic E-state index is 13.6. The second-order valence-electron chi connectivity index (χ2n) is 9.26. The smallest absolute Gasteiger partial charge is 0.426 e. The first-order valence-corrected chi connectivity index (χ1v) is 12.5. The predicted molar refractivity (Wildman–Crippen MR) is 141 cm³/mol. The highest BCUT2D eigenvalue weighted by molar-refractivity contribution is 6.43. The predicted octanol–water partition coefficient (Wildman–Crippen LogP) is -0.925. The van der Waals surface area contributed by atoms with Crippen molar-refractivity contribution in [2.45, 2.75) is 69.9 Å². The first-order valence-electron chi connectivity index (χ1n) is 12.5. The van der Waals surface area contributed by atoms with Crippen LogP contribution in [0, 0.1) is 5.41 Å². The molecule has 2 rings (SSSR count). The fourth-order valence-corrected chi connectivity index (χ4v) is 4.40. The Hall–Kier alpha value is -3.45. The fraction of sp³-hybridized carbons (Fsp3) is 0.542. The van der Waals surface area contributed by atoms with Crippen LogP contribution in [-0.4, -0.2) is 82.6 Å². The Kier molecular flexibility index (Phi) is 12.0. The minimum Gasteiger partial charge on any atom is -0.426 e. The van der Waals surface area contributed by atoms with Gasteiger partial charge < -0.3 is 37.0 Å². The highest BCUT2D eigenvalue weighted by Gasteiger charge is 2.34. The lowest BCUT2D eigenvalue weighted by molar-refractivity contribution is -0.141. The number of rotatable bonds is 13.